The predicted octanol–water partition coefficient (Wildman–Crippen LogP) is 3.87. The largest absolute Gasteiger partial charge is 0.408 e. The lowest BCUT2D eigenvalue weighted by Gasteiger charge is -2.30. The van der Waals surface area contributed by atoms with Gasteiger partial charge in [0, 0.05) is 29.6 Å². The Hall–Kier alpha value is -3.29. The van der Waals surface area contributed by atoms with Gasteiger partial charge < -0.3 is 15.6 Å². The molecule has 3 aromatic rings. The summed E-state index contributed by atoms with van der Waals surface area (Å²) in [6, 6.07) is 15.6. The summed E-state index contributed by atoms with van der Waals surface area (Å²) < 4.78 is 38.6. The number of H-pyrrole nitrogens is 1. The van der Waals surface area contributed by atoms with Crippen LogP contribution in [-0.2, 0) is 9.59 Å². The second kappa shape index (κ2) is 8.45. The van der Waals surface area contributed by atoms with Gasteiger partial charge in [0.1, 0.15) is 12.0 Å². The van der Waals surface area contributed by atoms with E-state index < -0.39 is 30.0 Å². The molecule has 3 atom stereocenters. The summed E-state index contributed by atoms with van der Waals surface area (Å²) in [5.41, 5.74) is 2.94. The molecule has 3 N–H and O–H groups in total. The molecular weight excluding hydrogens is 407 g/mol. The number of aromatic nitrogens is 1. The smallest absolute Gasteiger partial charge is 0.361 e. The first-order chi connectivity index (χ1) is 14.8. The van der Waals surface area contributed by atoms with E-state index in [9.17, 15) is 22.8 Å². The molecule has 1 aliphatic heterocycles. The Bertz CT molecular complexity index is 1080. The van der Waals surface area contributed by atoms with E-state index in [0.29, 0.717) is 0 Å². The highest BCUT2D eigenvalue weighted by atomic mass is 19.4. The maximum absolute atomic E-state index is 12.9. The average Bonchev–Trinajstić information content (AvgIpc) is 3.18. The molecule has 1 aliphatic rings. The molecule has 2 heterocycles. The van der Waals surface area contributed by atoms with Crippen molar-refractivity contribution >= 4 is 22.7 Å². The molecule has 0 radical (unpaired) electrons. The molecule has 0 aliphatic carbocycles. The average molecular weight is 429 g/mol. The normalized spacial score (nSPS) is 20.3. The molecule has 0 bridgehead atoms. The first-order valence-corrected chi connectivity index (χ1v) is 10.1. The minimum absolute atomic E-state index is 0.134. The van der Waals surface area contributed by atoms with Crippen molar-refractivity contribution < 1.29 is 22.8 Å². The number of carbonyl (C=O) groups is 2. The fraction of sp³-hybridized carbons (Fsp3) is 0.304. The number of hydrogen-bond donors (Lipinski definition) is 3. The van der Waals surface area contributed by atoms with Crippen molar-refractivity contribution in [2.45, 2.75) is 31.0 Å². The van der Waals surface area contributed by atoms with Crippen LogP contribution in [0.1, 0.15) is 29.9 Å². The van der Waals surface area contributed by atoms with Gasteiger partial charge in [-0.3, -0.25) is 9.59 Å². The molecule has 162 valence electrons. The van der Waals surface area contributed by atoms with Gasteiger partial charge in [0.15, 0.2) is 0 Å². The monoisotopic (exact) mass is 429 g/mol. The van der Waals surface area contributed by atoms with Gasteiger partial charge in [-0.25, -0.2) is 0 Å². The van der Waals surface area contributed by atoms with E-state index in [4.69, 9.17) is 0 Å². The van der Waals surface area contributed by atoms with Crippen molar-refractivity contribution in [3.8, 4) is 0 Å². The molecule has 3 unspecified atom stereocenters. The first-order valence-electron chi connectivity index (χ1n) is 10.1. The van der Waals surface area contributed by atoms with Gasteiger partial charge in [0.05, 0.1) is 0 Å². The highest BCUT2D eigenvalue weighted by Crippen LogP contribution is 2.31. The maximum Gasteiger partial charge on any atom is 0.408 e. The number of hydrogen-bond acceptors (Lipinski definition) is 2. The molecule has 31 heavy (non-hydrogen) atoms. The number of piperidine rings is 1. The van der Waals surface area contributed by atoms with Gasteiger partial charge in [0.2, 0.25) is 11.8 Å². The first kappa shape index (κ1) is 21.0. The molecule has 0 spiro atoms. The van der Waals surface area contributed by atoms with Crippen LogP contribution in [0, 0.1) is 5.92 Å². The number of rotatable bonds is 5. The van der Waals surface area contributed by atoms with Gasteiger partial charge >= 0.3 is 6.18 Å². The van der Waals surface area contributed by atoms with Crippen LogP contribution >= 0.6 is 0 Å². The summed E-state index contributed by atoms with van der Waals surface area (Å²) in [5.74, 6) is -2.75. The van der Waals surface area contributed by atoms with Crippen molar-refractivity contribution in [3.63, 3.8) is 0 Å². The predicted molar refractivity (Wildman–Crippen MR) is 110 cm³/mol. The molecule has 1 saturated heterocycles. The van der Waals surface area contributed by atoms with Crippen LogP contribution in [0.5, 0.6) is 0 Å². The van der Waals surface area contributed by atoms with Crippen molar-refractivity contribution in [1.29, 1.82) is 0 Å². The Kier molecular flexibility index (Phi) is 5.71. The quantitative estimate of drug-likeness (QED) is 0.539. The number of benzene rings is 2. The summed E-state index contributed by atoms with van der Waals surface area (Å²) in [6.07, 6.45) is -3.05. The molecule has 8 heteroatoms. The Morgan fingerprint density at radius 1 is 1.06 bits per heavy atom. The van der Waals surface area contributed by atoms with Gasteiger partial charge in [-0.1, -0.05) is 48.5 Å². The third-order valence-corrected chi connectivity index (χ3v) is 5.77. The van der Waals surface area contributed by atoms with Crippen LogP contribution in [0.15, 0.2) is 60.8 Å². The van der Waals surface area contributed by atoms with E-state index in [1.54, 1.807) is 0 Å². The van der Waals surface area contributed by atoms with Crippen LogP contribution < -0.4 is 10.6 Å². The SMILES string of the molecule is O=C(NCC(c1ccccc1)c1c[nH]c2ccccc12)C1CCC(C(F)(F)F)NC1=O. The van der Waals surface area contributed by atoms with E-state index in [0.717, 1.165) is 22.0 Å². The van der Waals surface area contributed by atoms with Crippen LogP contribution in [0.4, 0.5) is 13.2 Å². The molecule has 2 aromatic carbocycles. The van der Waals surface area contributed by atoms with E-state index in [1.807, 2.05) is 66.1 Å². The number of carbonyl (C=O) groups excluding carboxylic acids is 2. The van der Waals surface area contributed by atoms with Crippen LogP contribution in [0.25, 0.3) is 10.9 Å². The second-order valence-corrected chi connectivity index (χ2v) is 7.73. The number of amides is 2. The second-order valence-electron chi connectivity index (χ2n) is 7.73. The lowest BCUT2D eigenvalue weighted by atomic mass is 9.89. The zero-order valence-corrected chi connectivity index (χ0v) is 16.6. The topological polar surface area (TPSA) is 74.0 Å². The van der Waals surface area contributed by atoms with Crippen LogP contribution in [0.3, 0.4) is 0 Å². The fourth-order valence-corrected chi connectivity index (χ4v) is 4.11. The van der Waals surface area contributed by atoms with E-state index >= 15 is 0 Å². The van der Waals surface area contributed by atoms with Crippen LogP contribution in [0.2, 0.25) is 0 Å². The maximum atomic E-state index is 12.9. The lowest BCUT2D eigenvalue weighted by Crippen LogP contribution is -2.54. The van der Waals surface area contributed by atoms with Crippen molar-refractivity contribution in [2.75, 3.05) is 6.54 Å². The Morgan fingerprint density at radius 3 is 2.48 bits per heavy atom. The van der Waals surface area contributed by atoms with E-state index in [2.05, 4.69) is 10.3 Å². The summed E-state index contributed by atoms with van der Waals surface area (Å²) in [4.78, 5) is 28.0. The lowest BCUT2D eigenvalue weighted by molar-refractivity contribution is -0.171. The molecule has 5 nitrogen and oxygen atoms in total. The summed E-state index contributed by atoms with van der Waals surface area (Å²) in [5, 5.41) is 5.74. The van der Waals surface area contributed by atoms with Crippen molar-refractivity contribution in [2.24, 2.45) is 5.92 Å². The minimum atomic E-state index is -4.51. The Balaban J connectivity index is 1.51. The zero-order valence-electron chi connectivity index (χ0n) is 16.6. The number of aromatic amines is 1. The molecule has 1 aromatic heterocycles. The summed E-state index contributed by atoms with van der Waals surface area (Å²) in [6.45, 7) is 0.219. The standard InChI is InChI=1S/C23H22F3N3O2/c24-23(25,26)20-11-10-16(22(31)29-20)21(30)28-12-17(14-6-2-1-3-7-14)18-13-27-19-9-5-4-8-15(18)19/h1-9,13,16-17,20,27H,10-12H2,(H,28,30)(H,29,31). The molecule has 2 amide bonds. The van der Waals surface area contributed by atoms with E-state index in [-0.39, 0.29) is 25.3 Å². The summed E-state index contributed by atoms with van der Waals surface area (Å²) in [7, 11) is 0. The molecular formula is C23H22F3N3O2. The Morgan fingerprint density at radius 2 is 1.77 bits per heavy atom. The highest BCUT2D eigenvalue weighted by Gasteiger charge is 2.45. The number of halogens is 3. The number of para-hydroxylation sites is 1. The minimum Gasteiger partial charge on any atom is -0.361 e. The van der Waals surface area contributed by atoms with Gasteiger partial charge in [-0.2, -0.15) is 13.2 Å². The number of nitrogens with one attached hydrogen (secondary N) is 3. The highest BCUT2D eigenvalue weighted by molar-refractivity contribution is 6.01. The fourth-order valence-electron chi connectivity index (χ4n) is 4.11. The summed E-state index contributed by atoms with van der Waals surface area (Å²) >= 11 is 0. The van der Waals surface area contributed by atoms with Crippen molar-refractivity contribution in [1.82, 2.24) is 15.6 Å². The van der Waals surface area contributed by atoms with Gasteiger partial charge in [-0.15, -0.1) is 0 Å². The molecule has 4 rings (SSSR count). The van der Waals surface area contributed by atoms with Gasteiger partial charge in [0.25, 0.3) is 0 Å². The van der Waals surface area contributed by atoms with Crippen LogP contribution in [-0.4, -0.2) is 35.6 Å². The molecule has 0 saturated carbocycles. The third kappa shape index (κ3) is 4.42. The number of fused-ring (bicyclic) bond motifs is 1. The van der Waals surface area contributed by atoms with Crippen molar-refractivity contribution in [3.05, 3.63) is 71.9 Å². The zero-order chi connectivity index (χ0) is 22.0. The number of alkyl halides is 3. The third-order valence-electron chi connectivity index (χ3n) is 5.77. The Labute approximate surface area is 177 Å². The molecule has 1 fully saturated rings. The van der Waals surface area contributed by atoms with E-state index in [1.165, 1.54) is 0 Å². The van der Waals surface area contributed by atoms with Gasteiger partial charge in [-0.05, 0) is 30.0 Å².